The van der Waals surface area contributed by atoms with Gasteiger partial charge in [-0.1, -0.05) is 48.5 Å². The van der Waals surface area contributed by atoms with Crippen molar-refractivity contribution in [3.63, 3.8) is 0 Å². The molecule has 0 aliphatic carbocycles. The Morgan fingerprint density at radius 1 is 0.447 bits per heavy atom. The maximum Gasteiger partial charge on any atom is 0.134 e. The quantitative estimate of drug-likeness (QED) is 0.239. The first-order valence-electron chi connectivity index (χ1n) is 12.4. The van der Waals surface area contributed by atoms with Crippen molar-refractivity contribution in [2.75, 3.05) is 4.90 Å². The molecule has 0 radical (unpaired) electrons. The summed E-state index contributed by atoms with van der Waals surface area (Å²) < 4.78 is 0. The number of pyridine rings is 5. The number of rotatable bonds is 7. The van der Waals surface area contributed by atoms with Crippen molar-refractivity contribution >= 4 is 11.6 Å². The normalized spacial score (nSPS) is 10.7. The van der Waals surface area contributed by atoms with Crippen molar-refractivity contribution in [1.29, 1.82) is 0 Å². The summed E-state index contributed by atoms with van der Waals surface area (Å²) in [5, 5.41) is 0. The van der Waals surface area contributed by atoms with Crippen LogP contribution in [0.3, 0.4) is 0 Å². The first-order valence-corrected chi connectivity index (χ1v) is 12.4. The molecule has 6 aromatic rings. The van der Waals surface area contributed by atoms with Gasteiger partial charge < -0.3 is 4.90 Å². The van der Waals surface area contributed by atoms with Crippen LogP contribution in [0.15, 0.2) is 134 Å². The highest BCUT2D eigenvalue weighted by molar-refractivity contribution is 5.74. The highest BCUT2D eigenvalue weighted by Crippen LogP contribution is 2.30. The lowest BCUT2D eigenvalue weighted by Crippen LogP contribution is -2.18. The van der Waals surface area contributed by atoms with Gasteiger partial charge >= 0.3 is 0 Å². The monoisotopic (exact) mass is 492 g/mol. The van der Waals surface area contributed by atoms with Crippen LogP contribution >= 0.6 is 0 Å². The highest BCUT2D eigenvalue weighted by Gasteiger charge is 2.14. The zero-order chi connectivity index (χ0) is 25.6. The van der Waals surface area contributed by atoms with Crippen molar-refractivity contribution in [3.05, 3.63) is 140 Å². The molecule has 0 saturated carbocycles. The van der Waals surface area contributed by atoms with Gasteiger partial charge in [0, 0.05) is 24.8 Å². The average molecular weight is 493 g/mol. The standard InChI is InChI=1S/C32H24N6/c1-5-17-33-27(9-1)29-21-26(22-30(37-29)28-10-2-6-18-34-28)25-15-13-24(14-16-25)23-38(31-11-3-7-19-35-31)32-12-4-8-20-36-32/h1-22H,23H2. The molecule has 182 valence electrons. The highest BCUT2D eigenvalue weighted by atomic mass is 15.2. The third-order valence-electron chi connectivity index (χ3n) is 6.16. The van der Waals surface area contributed by atoms with Gasteiger partial charge in [-0.2, -0.15) is 0 Å². The van der Waals surface area contributed by atoms with Crippen LogP contribution in [0, 0.1) is 0 Å². The third kappa shape index (κ3) is 5.15. The van der Waals surface area contributed by atoms with Gasteiger partial charge in [-0.05, 0) is 77.4 Å². The van der Waals surface area contributed by atoms with Crippen LogP contribution in [0.1, 0.15) is 5.56 Å². The Morgan fingerprint density at radius 2 is 0.947 bits per heavy atom. The predicted molar refractivity (Wildman–Crippen MR) is 150 cm³/mol. The van der Waals surface area contributed by atoms with E-state index in [-0.39, 0.29) is 0 Å². The second-order valence-electron chi connectivity index (χ2n) is 8.72. The molecule has 0 unspecified atom stereocenters. The minimum atomic E-state index is 0.642. The van der Waals surface area contributed by atoms with Crippen LogP contribution in [0.5, 0.6) is 0 Å². The number of aromatic nitrogens is 5. The predicted octanol–water partition coefficient (Wildman–Crippen LogP) is 7.00. The zero-order valence-electron chi connectivity index (χ0n) is 20.6. The van der Waals surface area contributed by atoms with E-state index in [0.29, 0.717) is 6.54 Å². The molecule has 6 heteroatoms. The molecular weight excluding hydrogens is 468 g/mol. The lowest BCUT2D eigenvalue weighted by molar-refractivity contribution is 0.923. The van der Waals surface area contributed by atoms with Crippen LogP contribution in [-0.4, -0.2) is 24.9 Å². The molecule has 5 heterocycles. The van der Waals surface area contributed by atoms with Gasteiger partial charge in [-0.15, -0.1) is 0 Å². The van der Waals surface area contributed by atoms with Crippen molar-refractivity contribution in [3.8, 4) is 33.9 Å². The largest absolute Gasteiger partial charge is 0.307 e. The summed E-state index contributed by atoms with van der Waals surface area (Å²) in [5.41, 5.74) is 6.56. The summed E-state index contributed by atoms with van der Waals surface area (Å²) >= 11 is 0. The Kier molecular flexibility index (Phi) is 6.59. The molecule has 5 aromatic heterocycles. The van der Waals surface area contributed by atoms with Gasteiger partial charge in [0.05, 0.1) is 29.3 Å². The van der Waals surface area contributed by atoms with Crippen molar-refractivity contribution in [2.45, 2.75) is 6.54 Å². The Labute approximate surface area is 221 Å². The minimum absolute atomic E-state index is 0.642. The Hall–Kier alpha value is -5.23. The fourth-order valence-electron chi connectivity index (χ4n) is 4.28. The van der Waals surface area contributed by atoms with Crippen LogP contribution in [0.25, 0.3) is 33.9 Å². The average Bonchev–Trinajstić information content (AvgIpc) is 3.02. The lowest BCUT2D eigenvalue weighted by Gasteiger charge is -2.23. The second kappa shape index (κ2) is 10.8. The van der Waals surface area contributed by atoms with Crippen molar-refractivity contribution in [2.24, 2.45) is 0 Å². The molecule has 6 nitrogen and oxygen atoms in total. The molecular formula is C32H24N6. The molecule has 0 aliphatic heterocycles. The Morgan fingerprint density at radius 3 is 1.39 bits per heavy atom. The molecule has 0 amide bonds. The fourth-order valence-corrected chi connectivity index (χ4v) is 4.28. The molecule has 1 aromatic carbocycles. The topological polar surface area (TPSA) is 67.7 Å². The summed E-state index contributed by atoms with van der Waals surface area (Å²) in [6.07, 6.45) is 7.17. The third-order valence-corrected chi connectivity index (χ3v) is 6.16. The fraction of sp³-hybridized carbons (Fsp3) is 0.0312. The van der Waals surface area contributed by atoms with Gasteiger partial charge in [0.2, 0.25) is 0 Å². The molecule has 0 spiro atoms. The lowest BCUT2D eigenvalue weighted by atomic mass is 10.0. The first kappa shape index (κ1) is 23.2. The SMILES string of the molecule is c1ccc(-c2cc(-c3ccc(CN(c4ccccn4)c4ccccn4)cc3)cc(-c3ccccn3)n2)nc1. The number of hydrogen-bond acceptors (Lipinski definition) is 6. The van der Waals surface area contributed by atoms with Crippen molar-refractivity contribution < 1.29 is 0 Å². The molecule has 0 atom stereocenters. The van der Waals surface area contributed by atoms with E-state index in [1.165, 1.54) is 0 Å². The summed E-state index contributed by atoms with van der Waals surface area (Å²) in [5.74, 6) is 1.70. The first-order chi connectivity index (χ1) is 18.8. The Bertz CT molecular complexity index is 1510. The zero-order valence-corrected chi connectivity index (χ0v) is 20.6. The molecule has 38 heavy (non-hydrogen) atoms. The second-order valence-corrected chi connectivity index (χ2v) is 8.72. The molecule has 0 N–H and O–H groups in total. The van der Waals surface area contributed by atoms with Crippen LogP contribution in [0.2, 0.25) is 0 Å². The maximum absolute atomic E-state index is 4.88. The van der Waals surface area contributed by atoms with E-state index >= 15 is 0 Å². The number of benzene rings is 1. The van der Waals surface area contributed by atoms with E-state index in [9.17, 15) is 0 Å². The van der Waals surface area contributed by atoms with Gasteiger partial charge in [0.1, 0.15) is 11.6 Å². The van der Waals surface area contributed by atoms with E-state index in [1.54, 1.807) is 24.8 Å². The van der Waals surface area contributed by atoms with Gasteiger partial charge in [0.15, 0.2) is 0 Å². The molecule has 6 rings (SSSR count). The Balaban J connectivity index is 1.35. The van der Waals surface area contributed by atoms with E-state index in [0.717, 1.165) is 51.1 Å². The van der Waals surface area contributed by atoms with Crippen molar-refractivity contribution in [1.82, 2.24) is 24.9 Å². The summed E-state index contributed by atoms with van der Waals surface area (Å²) in [6, 6.07) is 36.3. The summed E-state index contributed by atoms with van der Waals surface area (Å²) in [4.78, 5) is 25.2. The molecule has 0 saturated heterocycles. The van der Waals surface area contributed by atoms with Crippen LogP contribution in [0.4, 0.5) is 11.6 Å². The number of nitrogens with zero attached hydrogens (tertiary/aromatic N) is 6. The van der Waals surface area contributed by atoms with E-state index in [1.807, 2.05) is 72.8 Å². The molecule has 0 aliphatic rings. The van der Waals surface area contributed by atoms with Gasteiger partial charge in [-0.3, -0.25) is 9.97 Å². The maximum atomic E-state index is 4.88. The van der Waals surface area contributed by atoms with E-state index in [4.69, 9.17) is 4.98 Å². The summed E-state index contributed by atoms with van der Waals surface area (Å²) in [7, 11) is 0. The van der Waals surface area contributed by atoms with Gasteiger partial charge in [0.25, 0.3) is 0 Å². The smallest absolute Gasteiger partial charge is 0.134 e. The number of anilines is 2. The summed E-state index contributed by atoms with van der Waals surface area (Å²) in [6.45, 7) is 0.642. The van der Waals surface area contributed by atoms with Crippen LogP contribution < -0.4 is 4.90 Å². The molecule has 0 bridgehead atoms. The van der Waals surface area contributed by atoms with Crippen LogP contribution in [-0.2, 0) is 6.54 Å². The number of hydrogen-bond donors (Lipinski definition) is 0. The van der Waals surface area contributed by atoms with Gasteiger partial charge in [-0.25, -0.2) is 15.0 Å². The molecule has 0 fully saturated rings. The van der Waals surface area contributed by atoms with E-state index in [2.05, 4.69) is 61.2 Å². The minimum Gasteiger partial charge on any atom is -0.307 e. The van der Waals surface area contributed by atoms with E-state index < -0.39 is 0 Å².